The van der Waals surface area contributed by atoms with Gasteiger partial charge in [-0.2, -0.15) is 4.31 Å². The smallest absolute Gasteiger partial charge is 0.244 e. The van der Waals surface area contributed by atoms with Gasteiger partial charge in [0, 0.05) is 7.05 Å². The molecule has 0 saturated carbocycles. The molecule has 0 unspecified atom stereocenters. The van der Waals surface area contributed by atoms with E-state index in [0.29, 0.717) is 0 Å². The van der Waals surface area contributed by atoms with Crippen LogP contribution in [0.15, 0.2) is 23.1 Å². The second-order valence-corrected chi connectivity index (χ2v) is 6.25. The van der Waals surface area contributed by atoms with Gasteiger partial charge in [-0.3, -0.25) is 0 Å². The molecule has 94 valence electrons. The highest BCUT2D eigenvalue weighted by Crippen LogP contribution is 2.24. The molecule has 0 fully saturated rings. The van der Waals surface area contributed by atoms with Crippen LogP contribution in [0.5, 0.6) is 0 Å². The van der Waals surface area contributed by atoms with Crippen LogP contribution in [-0.4, -0.2) is 31.3 Å². The number of hydrogen-bond acceptors (Lipinski definition) is 3. The maximum Gasteiger partial charge on any atom is 0.244 e. The van der Waals surface area contributed by atoms with Gasteiger partial charge in [-0.1, -0.05) is 23.8 Å². The number of rotatable bonds is 4. The molecule has 0 radical (unpaired) electrons. The monoisotopic (exact) mass is 296 g/mol. The molecule has 4 nitrogen and oxygen atoms in total. The maximum atomic E-state index is 13.0. The Labute approximate surface area is 109 Å². The van der Waals surface area contributed by atoms with Crippen molar-refractivity contribution in [2.24, 2.45) is 5.73 Å². The van der Waals surface area contributed by atoms with E-state index in [1.165, 1.54) is 13.1 Å². The Morgan fingerprint density at radius 1 is 1.59 bits per heavy atom. The lowest BCUT2D eigenvalue weighted by molar-refractivity contribution is 0.505. The third-order valence-electron chi connectivity index (χ3n) is 1.96. The molecular formula is C9H10ClFN2O2S2. The SMILES string of the molecule is CN(CC(N)=S)S(=O)(=O)c1cc(F)ccc1Cl. The highest BCUT2D eigenvalue weighted by atomic mass is 35.5. The molecule has 1 rings (SSSR count). The summed E-state index contributed by atoms with van der Waals surface area (Å²) in [6.45, 7) is -0.134. The summed E-state index contributed by atoms with van der Waals surface area (Å²) >= 11 is 10.3. The van der Waals surface area contributed by atoms with Gasteiger partial charge in [-0.15, -0.1) is 0 Å². The van der Waals surface area contributed by atoms with E-state index in [2.05, 4.69) is 12.2 Å². The summed E-state index contributed by atoms with van der Waals surface area (Å²) in [4.78, 5) is -0.290. The van der Waals surface area contributed by atoms with Crippen molar-refractivity contribution >= 4 is 38.8 Å². The van der Waals surface area contributed by atoms with E-state index in [0.717, 1.165) is 16.4 Å². The summed E-state index contributed by atoms with van der Waals surface area (Å²) in [7, 11) is -2.61. The lowest BCUT2D eigenvalue weighted by atomic mass is 10.3. The van der Waals surface area contributed by atoms with Gasteiger partial charge in [-0.05, 0) is 18.2 Å². The van der Waals surface area contributed by atoms with Crippen LogP contribution in [0.25, 0.3) is 0 Å². The zero-order chi connectivity index (χ0) is 13.2. The summed E-state index contributed by atoms with van der Waals surface area (Å²) < 4.78 is 37.9. The van der Waals surface area contributed by atoms with Gasteiger partial charge in [0.05, 0.1) is 16.6 Å². The molecule has 17 heavy (non-hydrogen) atoms. The Kier molecular flexibility index (Phi) is 4.42. The molecule has 0 heterocycles. The van der Waals surface area contributed by atoms with Crippen LogP contribution in [-0.2, 0) is 10.0 Å². The average molecular weight is 297 g/mol. The number of hydrogen-bond donors (Lipinski definition) is 1. The molecule has 1 aromatic carbocycles. The van der Waals surface area contributed by atoms with E-state index in [9.17, 15) is 12.8 Å². The number of nitrogens with zero attached hydrogens (tertiary/aromatic N) is 1. The van der Waals surface area contributed by atoms with E-state index in [4.69, 9.17) is 17.3 Å². The topological polar surface area (TPSA) is 63.4 Å². The molecule has 0 spiro atoms. The van der Waals surface area contributed by atoms with Gasteiger partial charge in [0.1, 0.15) is 10.7 Å². The number of likely N-dealkylation sites (N-methyl/N-ethyl adjacent to an activating group) is 1. The number of thiocarbonyl (C=S) groups is 1. The largest absolute Gasteiger partial charge is 0.392 e. The Morgan fingerprint density at radius 2 is 2.18 bits per heavy atom. The zero-order valence-corrected chi connectivity index (χ0v) is 11.2. The van der Waals surface area contributed by atoms with E-state index >= 15 is 0 Å². The van der Waals surface area contributed by atoms with Gasteiger partial charge in [0.2, 0.25) is 10.0 Å². The van der Waals surface area contributed by atoms with Crippen LogP contribution < -0.4 is 5.73 Å². The fraction of sp³-hybridized carbons (Fsp3) is 0.222. The van der Waals surface area contributed by atoms with Crippen LogP contribution in [0.4, 0.5) is 4.39 Å². The molecule has 0 aliphatic heterocycles. The minimum absolute atomic E-state index is 0.0172. The fourth-order valence-electron chi connectivity index (χ4n) is 1.15. The summed E-state index contributed by atoms with van der Waals surface area (Å²) in [5.41, 5.74) is 5.25. The average Bonchev–Trinajstić information content (AvgIpc) is 2.20. The van der Waals surface area contributed by atoms with Gasteiger partial charge in [0.15, 0.2) is 0 Å². The van der Waals surface area contributed by atoms with Crippen LogP contribution >= 0.6 is 23.8 Å². The highest BCUT2D eigenvalue weighted by molar-refractivity contribution is 7.89. The lowest BCUT2D eigenvalue weighted by Gasteiger charge is -2.17. The minimum atomic E-state index is -3.89. The molecule has 0 aromatic heterocycles. The molecule has 1 aromatic rings. The minimum Gasteiger partial charge on any atom is -0.392 e. The first-order valence-corrected chi connectivity index (χ1v) is 6.67. The van der Waals surface area contributed by atoms with Crippen LogP contribution in [0.3, 0.4) is 0 Å². The van der Waals surface area contributed by atoms with E-state index in [1.807, 2.05) is 0 Å². The highest BCUT2D eigenvalue weighted by Gasteiger charge is 2.24. The number of benzene rings is 1. The number of nitrogens with two attached hydrogens (primary N) is 1. The Bertz CT molecular complexity index is 548. The predicted molar refractivity (Wildman–Crippen MR) is 68.0 cm³/mol. The quantitative estimate of drug-likeness (QED) is 0.853. The first kappa shape index (κ1) is 14.3. The number of sulfonamides is 1. The molecule has 0 atom stereocenters. The molecule has 0 saturated heterocycles. The zero-order valence-electron chi connectivity index (χ0n) is 8.85. The Balaban J connectivity index is 3.21. The second-order valence-electron chi connectivity index (χ2n) is 3.30. The molecule has 8 heteroatoms. The third-order valence-corrected chi connectivity index (χ3v) is 4.37. The maximum absolute atomic E-state index is 13.0. The van der Waals surface area contributed by atoms with E-state index < -0.39 is 15.8 Å². The van der Waals surface area contributed by atoms with Crippen molar-refractivity contribution in [3.63, 3.8) is 0 Å². The third kappa shape index (κ3) is 3.35. The summed E-state index contributed by atoms with van der Waals surface area (Å²) in [6.07, 6.45) is 0. The Hall–Kier alpha value is -0.760. The van der Waals surface area contributed by atoms with Crippen LogP contribution in [0.1, 0.15) is 0 Å². The van der Waals surface area contributed by atoms with Gasteiger partial charge in [-0.25, -0.2) is 12.8 Å². The standard InChI is InChI=1S/C9H10ClFN2O2S2/c1-13(5-9(12)16)17(14,15)8-4-6(11)2-3-7(8)10/h2-4H,5H2,1H3,(H2,12,16). The molecular weight excluding hydrogens is 287 g/mol. The van der Waals surface area contributed by atoms with E-state index in [1.54, 1.807) is 0 Å². The summed E-state index contributed by atoms with van der Waals surface area (Å²) in [5.74, 6) is -0.684. The normalized spacial score (nSPS) is 11.8. The number of halogens is 2. The van der Waals surface area contributed by atoms with Crippen molar-refractivity contribution in [1.29, 1.82) is 0 Å². The summed E-state index contributed by atoms with van der Waals surface area (Å²) in [5, 5.41) is -0.0545. The molecule has 2 N–H and O–H groups in total. The predicted octanol–water partition coefficient (Wildman–Crippen LogP) is 1.39. The van der Waals surface area contributed by atoms with Crippen LogP contribution in [0, 0.1) is 5.82 Å². The first-order valence-electron chi connectivity index (χ1n) is 4.45. The van der Waals surface area contributed by atoms with E-state index in [-0.39, 0.29) is 21.5 Å². The van der Waals surface area contributed by atoms with Crippen LogP contribution in [0.2, 0.25) is 5.02 Å². The molecule has 0 aliphatic carbocycles. The van der Waals surface area contributed by atoms with Crippen molar-refractivity contribution < 1.29 is 12.8 Å². The fourth-order valence-corrected chi connectivity index (χ4v) is 3.05. The van der Waals surface area contributed by atoms with Gasteiger partial charge in [0.25, 0.3) is 0 Å². The lowest BCUT2D eigenvalue weighted by Crippen LogP contribution is -2.34. The van der Waals surface area contributed by atoms with Gasteiger partial charge >= 0.3 is 0 Å². The van der Waals surface area contributed by atoms with Crippen molar-refractivity contribution in [3.05, 3.63) is 29.0 Å². The summed E-state index contributed by atoms with van der Waals surface area (Å²) in [6, 6.07) is 3.11. The van der Waals surface area contributed by atoms with Gasteiger partial charge < -0.3 is 5.73 Å². The van der Waals surface area contributed by atoms with Crippen molar-refractivity contribution in [3.8, 4) is 0 Å². The second kappa shape index (κ2) is 5.26. The molecule has 0 aliphatic rings. The first-order chi connectivity index (χ1) is 7.75. The van der Waals surface area contributed by atoms with Crippen molar-refractivity contribution in [1.82, 2.24) is 4.31 Å². The Morgan fingerprint density at radius 3 is 2.71 bits per heavy atom. The van der Waals surface area contributed by atoms with Crippen molar-refractivity contribution in [2.75, 3.05) is 13.6 Å². The molecule has 0 bridgehead atoms. The van der Waals surface area contributed by atoms with Crippen molar-refractivity contribution in [2.45, 2.75) is 4.90 Å². The molecule has 0 amide bonds.